The summed E-state index contributed by atoms with van der Waals surface area (Å²) in [6, 6.07) is 13.6. The van der Waals surface area contributed by atoms with Crippen LogP contribution in [0.15, 0.2) is 58.2 Å². The van der Waals surface area contributed by atoms with E-state index in [9.17, 15) is 13.2 Å². The molecule has 3 aromatic carbocycles. The Morgan fingerprint density at radius 2 is 1.63 bits per heavy atom. The molecule has 0 aliphatic heterocycles. The van der Waals surface area contributed by atoms with Gasteiger partial charge in [0.25, 0.3) is 15.6 Å². The van der Waals surface area contributed by atoms with Crippen molar-refractivity contribution in [3.8, 4) is 17.2 Å². The van der Waals surface area contributed by atoms with E-state index in [1.807, 2.05) is 13.0 Å². The molecule has 4 aromatic rings. The lowest BCUT2D eigenvalue weighted by Gasteiger charge is -2.18. The van der Waals surface area contributed by atoms with E-state index >= 15 is 0 Å². The summed E-state index contributed by atoms with van der Waals surface area (Å²) in [5.41, 5.74) is 3.23. The van der Waals surface area contributed by atoms with Gasteiger partial charge >= 0.3 is 0 Å². The van der Waals surface area contributed by atoms with Gasteiger partial charge in [0.15, 0.2) is 0 Å². The third-order valence-corrected chi connectivity index (χ3v) is 7.59. The highest BCUT2D eigenvalue weighted by molar-refractivity contribution is 7.92. The fourth-order valence-corrected chi connectivity index (χ4v) is 5.72. The minimum Gasteiger partial charge on any atom is -0.496 e. The summed E-state index contributed by atoms with van der Waals surface area (Å²) in [6.45, 7) is 7.12. The fourth-order valence-electron chi connectivity index (χ4n) is 4.27. The molecule has 182 valence electrons. The number of anilines is 1. The molecule has 0 aliphatic carbocycles. The van der Waals surface area contributed by atoms with Crippen LogP contribution in [0, 0.1) is 27.7 Å². The van der Waals surface area contributed by atoms with Crippen LogP contribution in [-0.4, -0.2) is 32.2 Å². The monoisotopic (exact) mass is 493 g/mol. The van der Waals surface area contributed by atoms with Gasteiger partial charge in [-0.05, 0) is 74.7 Å². The number of para-hydroxylation sites is 1. The lowest BCUT2D eigenvalue weighted by atomic mass is 10.1. The van der Waals surface area contributed by atoms with Crippen molar-refractivity contribution in [2.24, 2.45) is 0 Å². The maximum absolute atomic E-state index is 13.3. The van der Waals surface area contributed by atoms with Gasteiger partial charge in [-0.1, -0.05) is 12.1 Å². The molecule has 0 unspecified atom stereocenters. The molecule has 0 saturated heterocycles. The molecule has 4 rings (SSSR count). The van der Waals surface area contributed by atoms with Crippen LogP contribution in [0.25, 0.3) is 16.6 Å². The Bertz CT molecular complexity index is 1620. The first kappa shape index (κ1) is 24.3. The quantitative estimate of drug-likeness (QED) is 0.426. The second kappa shape index (κ2) is 9.07. The molecule has 0 fully saturated rings. The van der Waals surface area contributed by atoms with Crippen LogP contribution in [0.4, 0.5) is 5.69 Å². The topological polar surface area (TPSA) is 99.5 Å². The van der Waals surface area contributed by atoms with E-state index in [2.05, 4.69) is 9.71 Å². The van der Waals surface area contributed by atoms with Gasteiger partial charge < -0.3 is 9.47 Å². The average Bonchev–Trinajstić information content (AvgIpc) is 2.82. The van der Waals surface area contributed by atoms with Crippen molar-refractivity contribution < 1.29 is 17.9 Å². The Balaban J connectivity index is 1.78. The van der Waals surface area contributed by atoms with Gasteiger partial charge in [0.2, 0.25) is 0 Å². The largest absolute Gasteiger partial charge is 0.496 e. The van der Waals surface area contributed by atoms with Crippen molar-refractivity contribution in [1.29, 1.82) is 0 Å². The standard InChI is InChI=1S/C26H27N3O5S/c1-15-13-24(16(2)17(3)25(15)34-6)35(31,32)28-22-12-11-19(14-23(22)33-5)29-18(4)27-21-10-8-7-9-20(21)26(29)30/h7-14,28H,1-6H3. The highest BCUT2D eigenvalue weighted by Gasteiger charge is 2.23. The van der Waals surface area contributed by atoms with Crippen molar-refractivity contribution in [3.05, 3.63) is 81.4 Å². The molecule has 1 aromatic heterocycles. The number of methoxy groups -OCH3 is 2. The lowest BCUT2D eigenvalue weighted by Crippen LogP contribution is -2.22. The summed E-state index contributed by atoms with van der Waals surface area (Å²) in [5, 5.41) is 0.488. The maximum atomic E-state index is 13.3. The summed E-state index contributed by atoms with van der Waals surface area (Å²) in [7, 11) is -0.932. The first-order valence-electron chi connectivity index (χ1n) is 10.9. The molecule has 9 heteroatoms. The Labute approximate surface area is 204 Å². The number of nitrogens with zero attached hydrogens (tertiary/aromatic N) is 2. The van der Waals surface area contributed by atoms with Gasteiger partial charge in [-0.3, -0.25) is 14.1 Å². The van der Waals surface area contributed by atoms with Crippen LogP contribution < -0.4 is 19.8 Å². The van der Waals surface area contributed by atoms with Crippen LogP contribution in [0.2, 0.25) is 0 Å². The third kappa shape index (κ3) is 4.23. The Hall–Kier alpha value is -3.85. The molecule has 1 heterocycles. The Morgan fingerprint density at radius 3 is 2.31 bits per heavy atom. The molecular weight excluding hydrogens is 466 g/mol. The summed E-state index contributed by atoms with van der Waals surface area (Å²) in [5.74, 6) is 1.43. The molecule has 0 amide bonds. The highest BCUT2D eigenvalue weighted by atomic mass is 32.2. The molecule has 0 radical (unpaired) electrons. The number of hydrogen-bond donors (Lipinski definition) is 1. The normalized spacial score (nSPS) is 11.5. The molecule has 35 heavy (non-hydrogen) atoms. The van der Waals surface area contributed by atoms with E-state index < -0.39 is 10.0 Å². The number of rotatable bonds is 6. The predicted molar refractivity (Wildman–Crippen MR) is 137 cm³/mol. The SMILES string of the molecule is COc1cc(-n2c(C)nc3ccccc3c2=O)ccc1NS(=O)(=O)c1cc(C)c(OC)c(C)c1C. The summed E-state index contributed by atoms with van der Waals surface area (Å²) < 4.78 is 41.7. The Morgan fingerprint density at radius 1 is 0.914 bits per heavy atom. The van der Waals surface area contributed by atoms with E-state index in [0.717, 1.165) is 11.1 Å². The summed E-state index contributed by atoms with van der Waals surface area (Å²) in [6.07, 6.45) is 0. The average molecular weight is 494 g/mol. The minimum atomic E-state index is -3.94. The van der Waals surface area contributed by atoms with Crippen LogP contribution in [0.3, 0.4) is 0 Å². The van der Waals surface area contributed by atoms with E-state index in [-0.39, 0.29) is 21.9 Å². The molecule has 0 aliphatic rings. The zero-order valence-electron chi connectivity index (χ0n) is 20.5. The molecule has 0 bridgehead atoms. The zero-order chi connectivity index (χ0) is 25.5. The number of fused-ring (bicyclic) bond motifs is 1. The number of aryl methyl sites for hydroxylation is 2. The van der Waals surface area contributed by atoms with Gasteiger partial charge in [0, 0.05) is 6.07 Å². The van der Waals surface area contributed by atoms with E-state index in [4.69, 9.17) is 9.47 Å². The Kier molecular flexibility index (Phi) is 6.29. The van der Waals surface area contributed by atoms with Gasteiger partial charge in [0.05, 0.1) is 41.4 Å². The van der Waals surface area contributed by atoms with Crippen LogP contribution in [0.1, 0.15) is 22.5 Å². The number of hydrogen-bond acceptors (Lipinski definition) is 6. The van der Waals surface area contributed by atoms with Crippen LogP contribution in [0.5, 0.6) is 11.5 Å². The molecule has 0 atom stereocenters. The van der Waals surface area contributed by atoms with E-state index in [1.54, 1.807) is 70.3 Å². The van der Waals surface area contributed by atoms with Crippen LogP contribution in [-0.2, 0) is 10.0 Å². The first-order valence-corrected chi connectivity index (χ1v) is 12.4. The second-order valence-electron chi connectivity index (χ2n) is 8.28. The number of benzene rings is 3. The number of ether oxygens (including phenoxy) is 2. The minimum absolute atomic E-state index is 0.158. The molecule has 0 saturated carbocycles. The molecular formula is C26H27N3O5S. The summed E-state index contributed by atoms with van der Waals surface area (Å²) in [4.78, 5) is 17.9. The summed E-state index contributed by atoms with van der Waals surface area (Å²) >= 11 is 0. The molecule has 1 N–H and O–H groups in total. The van der Waals surface area contributed by atoms with Gasteiger partial charge in [0.1, 0.15) is 17.3 Å². The van der Waals surface area contributed by atoms with Crippen molar-refractivity contribution >= 4 is 26.6 Å². The fraction of sp³-hybridized carbons (Fsp3) is 0.231. The predicted octanol–water partition coefficient (Wildman–Crippen LogP) is 4.44. The zero-order valence-corrected chi connectivity index (χ0v) is 21.3. The van der Waals surface area contributed by atoms with Gasteiger partial charge in [-0.2, -0.15) is 0 Å². The molecule has 8 nitrogen and oxygen atoms in total. The lowest BCUT2D eigenvalue weighted by molar-refractivity contribution is 0.407. The van der Waals surface area contributed by atoms with Crippen molar-refractivity contribution in [3.63, 3.8) is 0 Å². The smallest absolute Gasteiger partial charge is 0.265 e. The van der Waals surface area contributed by atoms with E-state index in [0.29, 0.717) is 33.7 Å². The van der Waals surface area contributed by atoms with Crippen molar-refractivity contribution in [1.82, 2.24) is 9.55 Å². The van der Waals surface area contributed by atoms with Crippen LogP contribution >= 0.6 is 0 Å². The second-order valence-corrected chi connectivity index (χ2v) is 9.93. The number of nitrogens with one attached hydrogen (secondary N) is 1. The first-order chi connectivity index (χ1) is 16.6. The van der Waals surface area contributed by atoms with Crippen molar-refractivity contribution in [2.75, 3.05) is 18.9 Å². The van der Waals surface area contributed by atoms with Gasteiger partial charge in [-0.25, -0.2) is 13.4 Å². The number of sulfonamides is 1. The van der Waals surface area contributed by atoms with Gasteiger partial charge in [-0.15, -0.1) is 0 Å². The number of aromatic nitrogens is 2. The van der Waals surface area contributed by atoms with E-state index in [1.165, 1.54) is 11.7 Å². The molecule has 0 spiro atoms. The maximum Gasteiger partial charge on any atom is 0.265 e. The highest BCUT2D eigenvalue weighted by Crippen LogP contribution is 2.34. The van der Waals surface area contributed by atoms with Crippen molar-refractivity contribution in [2.45, 2.75) is 32.6 Å². The third-order valence-electron chi connectivity index (χ3n) is 6.10.